The first kappa shape index (κ1) is 15.6. The Morgan fingerprint density at radius 3 is 2.48 bits per heavy atom. The molecule has 116 valence electrons. The quantitative estimate of drug-likeness (QED) is 0.762. The van der Waals surface area contributed by atoms with E-state index in [-0.39, 0.29) is 12.3 Å². The number of rotatable bonds is 5. The average Bonchev–Trinajstić information content (AvgIpc) is 2.97. The molecule has 23 heavy (non-hydrogen) atoms. The molecule has 0 atom stereocenters. The van der Waals surface area contributed by atoms with Crippen molar-refractivity contribution < 1.29 is 4.79 Å². The highest BCUT2D eigenvalue weighted by atomic mass is 35.5. The molecule has 1 N–H and O–H groups in total. The van der Waals surface area contributed by atoms with Crippen LogP contribution in [0.2, 0.25) is 5.02 Å². The third-order valence-electron chi connectivity index (χ3n) is 3.19. The van der Waals surface area contributed by atoms with Gasteiger partial charge in [-0.25, -0.2) is 0 Å². The monoisotopic (exact) mass is 343 g/mol. The van der Waals surface area contributed by atoms with Crippen molar-refractivity contribution in [3.8, 4) is 0 Å². The van der Waals surface area contributed by atoms with Crippen LogP contribution in [0.1, 0.15) is 16.1 Å². The van der Waals surface area contributed by atoms with Crippen molar-refractivity contribution in [1.82, 2.24) is 10.2 Å². The van der Waals surface area contributed by atoms with Gasteiger partial charge in [0.15, 0.2) is 0 Å². The standard InChI is InChI=1S/C17H14ClN3OS/c18-14-8-6-13(7-9-14)10-15(22)19-17-21-20-16(23-17)11-12-4-2-1-3-5-12/h1-9H,10-11H2,(H,19,21,22). The molecule has 0 spiro atoms. The van der Waals surface area contributed by atoms with Crippen LogP contribution in [0.25, 0.3) is 0 Å². The summed E-state index contributed by atoms with van der Waals surface area (Å²) < 4.78 is 0. The van der Waals surface area contributed by atoms with Gasteiger partial charge in [-0.05, 0) is 23.3 Å². The minimum Gasteiger partial charge on any atom is -0.300 e. The summed E-state index contributed by atoms with van der Waals surface area (Å²) in [5.74, 6) is -0.116. The SMILES string of the molecule is O=C(Cc1ccc(Cl)cc1)Nc1nnc(Cc2ccccc2)s1. The van der Waals surface area contributed by atoms with E-state index < -0.39 is 0 Å². The van der Waals surface area contributed by atoms with Gasteiger partial charge in [0, 0.05) is 11.4 Å². The highest BCUT2D eigenvalue weighted by Crippen LogP contribution is 2.19. The first-order valence-electron chi connectivity index (χ1n) is 7.09. The van der Waals surface area contributed by atoms with E-state index >= 15 is 0 Å². The molecule has 1 aromatic heterocycles. The maximum absolute atomic E-state index is 12.0. The minimum atomic E-state index is -0.116. The molecular weight excluding hydrogens is 330 g/mol. The molecule has 0 fully saturated rings. The van der Waals surface area contributed by atoms with Gasteiger partial charge in [0.2, 0.25) is 11.0 Å². The van der Waals surface area contributed by atoms with E-state index in [1.54, 1.807) is 12.1 Å². The normalized spacial score (nSPS) is 10.5. The lowest BCUT2D eigenvalue weighted by molar-refractivity contribution is -0.115. The van der Waals surface area contributed by atoms with Gasteiger partial charge in [-0.15, -0.1) is 10.2 Å². The van der Waals surface area contributed by atoms with Crippen LogP contribution in [0.3, 0.4) is 0 Å². The molecule has 0 aliphatic carbocycles. The average molecular weight is 344 g/mol. The lowest BCUT2D eigenvalue weighted by Gasteiger charge is -2.01. The van der Waals surface area contributed by atoms with Gasteiger partial charge in [-0.3, -0.25) is 4.79 Å². The lowest BCUT2D eigenvalue weighted by Crippen LogP contribution is -2.14. The van der Waals surface area contributed by atoms with Crippen molar-refractivity contribution in [2.24, 2.45) is 0 Å². The van der Waals surface area contributed by atoms with Crippen molar-refractivity contribution in [3.63, 3.8) is 0 Å². The third-order valence-corrected chi connectivity index (χ3v) is 4.28. The molecule has 6 heteroatoms. The van der Waals surface area contributed by atoms with Crippen LogP contribution in [-0.4, -0.2) is 16.1 Å². The summed E-state index contributed by atoms with van der Waals surface area (Å²) in [7, 11) is 0. The topological polar surface area (TPSA) is 54.9 Å². The number of aromatic nitrogens is 2. The second-order valence-electron chi connectivity index (χ2n) is 5.01. The van der Waals surface area contributed by atoms with Crippen LogP contribution in [0, 0.1) is 0 Å². The van der Waals surface area contributed by atoms with Crippen LogP contribution in [0.15, 0.2) is 54.6 Å². The van der Waals surface area contributed by atoms with E-state index in [1.165, 1.54) is 16.9 Å². The van der Waals surface area contributed by atoms with Gasteiger partial charge < -0.3 is 5.32 Å². The van der Waals surface area contributed by atoms with Crippen LogP contribution in [0.4, 0.5) is 5.13 Å². The minimum absolute atomic E-state index is 0.116. The molecule has 0 radical (unpaired) electrons. The number of hydrogen-bond acceptors (Lipinski definition) is 4. The van der Waals surface area contributed by atoms with Crippen molar-refractivity contribution in [3.05, 3.63) is 75.8 Å². The van der Waals surface area contributed by atoms with Crippen molar-refractivity contribution in [2.45, 2.75) is 12.8 Å². The maximum atomic E-state index is 12.0. The van der Waals surface area contributed by atoms with Gasteiger partial charge in [0.1, 0.15) is 5.01 Å². The molecule has 0 unspecified atom stereocenters. The fourth-order valence-corrected chi connectivity index (χ4v) is 3.01. The fraction of sp³-hybridized carbons (Fsp3) is 0.118. The number of hydrogen-bond donors (Lipinski definition) is 1. The molecule has 1 heterocycles. The Bertz CT molecular complexity index is 787. The van der Waals surface area contributed by atoms with Crippen molar-refractivity contribution >= 4 is 34.0 Å². The molecule has 4 nitrogen and oxygen atoms in total. The molecule has 0 aliphatic rings. The van der Waals surface area contributed by atoms with Gasteiger partial charge in [0.25, 0.3) is 0 Å². The van der Waals surface area contributed by atoms with Crippen LogP contribution < -0.4 is 5.32 Å². The van der Waals surface area contributed by atoms with E-state index in [1.807, 2.05) is 42.5 Å². The van der Waals surface area contributed by atoms with E-state index in [0.717, 1.165) is 10.6 Å². The molecule has 3 aromatic rings. The predicted molar refractivity (Wildman–Crippen MR) is 92.9 cm³/mol. The number of amides is 1. The zero-order valence-electron chi connectivity index (χ0n) is 12.2. The smallest absolute Gasteiger partial charge is 0.230 e. The number of nitrogens with one attached hydrogen (secondary N) is 1. The summed E-state index contributed by atoms with van der Waals surface area (Å²) >= 11 is 7.22. The molecule has 1 amide bonds. The highest BCUT2D eigenvalue weighted by molar-refractivity contribution is 7.15. The Labute approximate surface area is 143 Å². The number of carbonyl (C=O) groups is 1. The van der Waals surface area contributed by atoms with Gasteiger partial charge in [0.05, 0.1) is 6.42 Å². The summed E-state index contributed by atoms with van der Waals surface area (Å²) in [5, 5.41) is 13.0. The van der Waals surface area contributed by atoms with Crippen LogP contribution in [-0.2, 0) is 17.6 Å². The number of benzene rings is 2. The largest absolute Gasteiger partial charge is 0.300 e. The summed E-state index contributed by atoms with van der Waals surface area (Å²) in [6.07, 6.45) is 0.996. The van der Waals surface area contributed by atoms with E-state index in [0.29, 0.717) is 16.6 Å². The Kier molecular flexibility index (Phi) is 5.00. The van der Waals surface area contributed by atoms with E-state index in [4.69, 9.17) is 11.6 Å². The molecule has 2 aromatic carbocycles. The molecule has 0 saturated heterocycles. The van der Waals surface area contributed by atoms with Crippen LogP contribution in [0.5, 0.6) is 0 Å². The van der Waals surface area contributed by atoms with Gasteiger partial charge in [-0.1, -0.05) is 65.4 Å². The van der Waals surface area contributed by atoms with Crippen molar-refractivity contribution in [1.29, 1.82) is 0 Å². The second-order valence-corrected chi connectivity index (χ2v) is 6.51. The van der Waals surface area contributed by atoms with E-state index in [2.05, 4.69) is 15.5 Å². The zero-order chi connectivity index (χ0) is 16.1. The molecule has 0 bridgehead atoms. The maximum Gasteiger partial charge on any atom is 0.230 e. The molecule has 0 saturated carbocycles. The van der Waals surface area contributed by atoms with E-state index in [9.17, 15) is 4.79 Å². The Hall–Kier alpha value is -2.24. The summed E-state index contributed by atoms with van der Waals surface area (Å²) in [5.41, 5.74) is 2.07. The zero-order valence-corrected chi connectivity index (χ0v) is 13.8. The first-order valence-corrected chi connectivity index (χ1v) is 8.29. The third kappa shape index (κ3) is 4.61. The molecule has 3 rings (SSSR count). The fourth-order valence-electron chi connectivity index (χ4n) is 2.10. The Morgan fingerprint density at radius 1 is 1.00 bits per heavy atom. The highest BCUT2D eigenvalue weighted by Gasteiger charge is 2.09. The predicted octanol–water partition coefficient (Wildman–Crippen LogP) is 3.96. The molecule has 0 aliphatic heterocycles. The summed E-state index contributed by atoms with van der Waals surface area (Å²) in [4.78, 5) is 12.0. The lowest BCUT2D eigenvalue weighted by atomic mass is 10.1. The Morgan fingerprint density at radius 2 is 1.74 bits per heavy atom. The van der Waals surface area contributed by atoms with Crippen LogP contribution >= 0.6 is 22.9 Å². The Balaban J connectivity index is 1.58. The first-order chi connectivity index (χ1) is 11.2. The second kappa shape index (κ2) is 7.35. The summed E-state index contributed by atoms with van der Waals surface area (Å²) in [6.45, 7) is 0. The van der Waals surface area contributed by atoms with Gasteiger partial charge >= 0.3 is 0 Å². The van der Waals surface area contributed by atoms with Crippen molar-refractivity contribution in [2.75, 3.05) is 5.32 Å². The number of carbonyl (C=O) groups excluding carboxylic acids is 1. The number of nitrogens with zero attached hydrogens (tertiary/aromatic N) is 2. The number of halogens is 1. The number of anilines is 1. The molecular formula is C17H14ClN3OS. The van der Waals surface area contributed by atoms with Gasteiger partial charge in [-0.2, -0.15) is 0 Å². The summed E-state index contributed by atoms with van der Waals surface area (Å²) in [6, 6.07) is 17.3.